The maximum Gasteiger partial charge on any atom is 0.362 e. The number of aromatic nitrogens is 2. The first kappa shape index (κ1) is 18.4. The molecule has 3 rings (SSSR count). The Morgan fingerprint density at radius 2 is 2.00 bits per heavy atom. The van der Waals surface area contributed by atoms with Crippen LogP contribution in [0, 0.1) is 0 Å². The van der Waals surface area contributed by atoms with E-state index >= 15 is 0 Å². The monoisotopic (exact) mass is 361 g/mol. The largest absolute Gasteiger partial charge is 0.390 e. The van der Waals surface area contributed by atoms with E-state index < -0.39 is 18.2 Å². The van der Waals surface area contributed by atoms with E-state index in [9.17, 15) is 14.3 Å². The number of aliphatic hydroxyl groups excluding tert-OH is 1. The van der Waals surface area contributed by atoms with E-state index in [0.29, 0.717) is 23.5 Å². The predicted molar refractivity (Wildman–Crippen MR) is 95.6 cm³/mol. The van der Waals surface area contributed by atoms with Gasteiger partial charge in [-0.25, -0.2) is 19.3 Å². The molecule has 0 amide bonds. The van der Waals surface area contributed by atoms with Crippen LogP contribution >= 0.6 is 0 Å². The molecule has 1 aromatic carbocycles. The quantitative estimate of drug-likeness (QED) is 0.817. The van der Waals surface area contributed by atoms with Gasteiger partial charge >= 0.3 is 5.97 Å². The molecule has 3 atom stereocenters. The zero-order valence-corrected chi connectivity index (χ0v) is 15.1. The Kier molecular flexibility index (Phi) is 5.00. The van der Waals surface area contributed by atoms with Crippen LogP contribution in [0.1, 0.15) is 55.6 Å². The molecule has 0 radical (unpaired) electrons. The van der Waals surface area contributed by atoms with Crippen molar-refractivity contribution < 1.29 is 19.1 Å². The number of hydrogen-bond acceptors (Lipinski definition) is 5. The Balaban J connectivity index is 1.78. The first-order valence-corrected chi connectivity index (χ1v) is 8.70. The molecule has 1 aliphatic rings. The fourth-order valence-corrected chi connectivity index (χ4v) is 3.12. The maximum atomic E-state index is 13.7. The van der Waals surface area contributed by atoms with Crippen molar-refractivity contribution >= 4 is 11.8 Å². The number of aliphatic hydroxyl groups is 1. The summed E-state index contributed by atoms with van der Waals surface area (Å²) in [7, 11) is 0. The van der Waals surface area contributed by atoms with Gasteiger partial charge in [0.25, 0.3) is 0 Å². The number of rotatable bonds is 4. The predicted octanol–water partition coefficient (Wildman–Crippen LogP) is 3.40. The van der Waals surface area contributed by atoms with Crippen LogP contribution in [0.4, 0.5) is 10.2 Å². The number of hydrogen-bond donors (Lipinski definition) is 2. The second-order valence-corrected chi connectivity index (χ2v) is 7.65. The van der Waals surface area contributed by atoms with Crippen LogP contribution in [0.3, 0.4) is 0 Å². The summed E-state index contributed by atoms with van der Waals surface area (Å²) in [5.41, 5.74) is 3.42. The van der Waals surface area contributed by atoms with Crippen LogP contribution < -0.4 is 5.48 Å². The highest BCUT2D eigenvalue weighted by atomic mass is 19.1. The Morgan fingerprint density at radius 3 is 2.58 bits per heavy atom. The van der Waals surface area contributed by atoms with E-state index in [-0.39, 0.29) is 17.9 Å². The van der Waals surface area contributed by atoms with Gasteiger partial charge < -0.3 is 9.94 Å². The van der Waals surface area contributed by atoms with Gasteiger partial charge in [-0.1, -0.05) is 18.2 Å². The molecule has 1 saturated carbocycles. The molecule has 1 aromatic heterocycles. The molecular weight excluding hydrogens is 337 g/mol. The second-order valence-electron chi connectivity index (χ2n) is 7.65. The lowest BCUT2D eigenvalue weighted by Crippen LogP contribution is -2.26. The minimum atomic E-state index is -1.23. The highest BCUT2D eigenvalue weighted by Crippen LogP contribution is 2.37. The normalized spacial score (nSPS) is 23.0. The van der Waals surface area contributed by atoms with Crippen LogP contribution in [0.5, 0.6) is 0 Å². The van der Waals surface area contributed by atoms with Crippen molar-refractivity contribution in [2.45, 2.75) is 57.3 Å². The fourth-order valence-electron chi connectivity index (χ4n) is 3.12. The summed E-state index contributed by atoms with van der Waals surface area (Å²) in [5.74, 6) is -0.156. The Morgan fingerprint density at radius 1 is 1.31 bits per heavy atom. The van der Waals surface area contributed by atoms with E-state index in [1.54, 1.807) is 35.0 Å². The first-order chi connectivity index (χ1) is 12.3. The summed E-state index contributed by atoms with van der Waals surface area (Å²) >= 11 is 0. The number of carbonyl (C=O) groups excluding carboxylic acids is 1. The molecule has 0 aliphatic heterocycles. The third kappa shape index (κ3) is 3.88. The van der Waals surface area contributed by atoms with Gasteiger partial charge in [0.05, 0.1) is 22.9 Å². The molecule has 1 heterocycles. The van der Waals surface area contributed by atoms with E-state index in [4.69, 9.17) is 4.84 Å². The molecule has 0 unspecified atom stereocenters. The lowest BCUT2D eigenvalue weighted by atomic mass is 10.0. The van der Waals surface area contributed by atoms with Gasteiger partial charge in [-0.3, -0.25) is 0 Å². The third-order valence-corrected chi connectivity index (χ3v) is 4.49. The van der Waals surface area contributed by atoms with Gasteiger partial charge in [-0.15, -0.1) is 0 Å². The van der Waals surface area contributed by atoms with Crippen molar-refractivity contribution in [2.75, 3.05) is 5.48 Å². The molecule has 1 fully saturated rings. The van der Waals surface area contributed by atoms with Crippen LogP contribution in [0.15, 0.2) is 36.4 Å². The van der Waals surface area contributed by atoms with Gasteiger partial charge in [0.15, 0.2) is 5.82 Å². The van der Waals surface area contributed by atoms with Crippen molar-refractivity contribution in [1.82, 2.24) is 9.78 Å². The molecule has 2 aromatic rings. The topological polar surface area (TPSA) is 76.4 Å². The first-order valence-electron chi connectivity index (χ1n) is 8.70. The van der Waals surface area contributed by atoms with Crippen molar-refractivity contribution in [1.29, 1.82) is 0 Å². The van der Waals surface area contributed by atoms with Gasteiger partial charge in [0.1, 0.15) is 6.17 Å². The number of nitrogens with one attached hydrogen (secondary N) is 1. The average molecular weight is 361 g/mol. The second kappa shape index (κ2) is 7.07. The van der Waals surface area contributed by atoms with Crippen molar-refractivity contribution in [3.8, 4) is 0 Å². The summed E-state index contributed by atoms with van der Waals surface area (Å²) in [6.45, 7) is 5.90. The highest BCUT2D eigenvalue weighted by molar-refractivity contribution is 5.89. The molecule has 0 bridgehead atoms. The summed E-state index contributed by atoms with van der Waals surface area (Å²) in [6, 6.07) is 10.4. The number of nitrogens with zero attached hydrogens (tertiary/aromatic N) is 2. The Bertz CT molecular complexity index is 760. The summed E-state index contributed by atoms with van der Waals surface area (Å²) in [5, 5.41) is 14.2. The van der Waals surface area contributed by atoms with Gasteiger partial charge in [-0.05, 0) is 45.7 Å². The van der Waals surface area contributed by atoms with Crippen LogP contribution in [0.25, 0.3) is 0 Å². The van der Waals surface area contributed by atoms with Gasteiger partial charge in [0.2, 0.25) is 0 Å². The van der Waals surface area contributed by atoms with E-state index in [2.05, 4.69) is 10.6 Å². The summed E-state index contributed by atoms with van der Waals surface area (Å²) in [6.07, 6.45) is -1.60. The molecule has 7 heteroatoms. The standard InChI is InChI=1S/C19H24FN3O3/c1-19(2,3)23-17(22-26-18(25)12-7-5-4-6-8-12)11-15(21-23)13-9-14(20)16(24)10-13/h4-8,11,13-14,16,22,24H,9-10H2,1-3H3/t13-,14+,16-/m1/s1. The zero-order valence-electron chi connectivity index (χ0n) is 15.1. The van der Waals surface area contributed by atoms with E-state index in [1.165, 1.54) is 0 Å². The minimum Gasteiger partial charge on any atom is -0.390 e. The molecular formula is C19H24FN3O3. The minimum absolute atomic E-state index is 0.158. The summed E-state index contributed by atoms with van der Waals surface area (Å²) in [4.78, 5) is 17.3. The van der Waals surface area contributed by atoms with Crippen molar-refractivity contribution in [2.24, 2.45) is 0 Å². The molecule has 0 spiro atoms. The number of carbonyl (C=O) groups is 1. The lowest BCUT2D eigenvalue weighted by Gasteiger charge is -2.22. The maximum absolute atomic E-state index is 13.7. The number of alkyl halides is 1. The highest BCUT2D eigenvalue weighted by Gasteiger charge is 2.36. The van der Waals surface area contributed by atoms with E-state index in [0.717, 1.165) is 0 Å². The fraction of sp³-hybridized carbons (Fsp3) is 0.474. The van der Waals surface area contributed by atoms with E-state index in [1.807, 2.05) is 26.8 Å². The van der Waals surface area contributed by atoms with Crippen LogP contribution in [0.2, 0.25) is 0 Å². The number of halogens is 1. The van der Waals surface area contributed by atoms with Crippen LogP contribution in [-0.2, 0) is 10.4 Å². The molecule has 6 nitrogen and oxygen atoms in total. The zero-order chi connectivity index (χ0) is 18.9. The SMILES string of the molecule is CC(C)(C)n1nc([C@H]2C[C@@H](O)[C@@H](F)C2)cc1NOC(=O)c1ccccc1. The van der Waals surface area contributed by atoms with Crippen molar-refractivity contribution in [3.63, 3.8) is 0 Å². The molecule has 1 aliphatic carbocycles. The average Bonchev–Trinajstić information content (AvgIpc) is 3.17. The Labute approximate surface area is 151 Å². The number of anilines is 1. The molecule has 140 valence electrons. The van der Waals surface area contributed by atoms with Crippen molar-refractivity contribution in [3.05, 3.63) is 47.7 Å². The van der Waals surface area contributed by atoms with Gasteiger partial charge in [0, 0.05) is 12.0 Å². The lowest BCUT2D eigenvalue weighted by molar-refractivity contribution is 0.0591. The molecule has 0 saturated heterocycles. The number of benzene rings is 1. The van der Waals surface area contributed by atoms with Gasteiger partial charge in [-0.2, -0.15) is 5.10 Å². The molecule has 26 heavy (non-hydrogen) atoms. The Hall–Kier alpha value is -2.41. The summed E-state index contributed by atoms with van der Waals surface area (Å²) < 4.78 is 15.4. The third-order valence-electron chi connectivity index (χ3n) is 4.49. The molecule has 2 N–H and O–H groups in total. The van der Waals surface area contributed by atoms with Crippen LogP contribution in [-0.4, -0.2) is 33.1 Å². The smallest absolute Gasteiger partial charge is 0.362 e.